The Balaban J connectivity index is 1.98. The molecule has 1 aliphatic heterocycles. The molecule has 1 saturated carbocycles. The van der Waals surface area contributed by atoms with Gasteiger partial charge >= 0.3 is 0 Å². The summed E-state index contributed by atoms with van der Waals surface area (Å²) in [4.78, 5) is 11.1. The summed E-state index contributed by atoms with van der Waals surface area (Å²) in [5.74, 6) is -1.08. The summed E-state index contributed by atoms with van der Waals surface area (Å²) in [6.07, 6.45) is 5.01. The quantitative estimate of drug-likeness (QED) is 0.830. The topological polar surface area (TPSA) is 86.7 Å². The molecule has 0 aromatic heterocycles. The minimum absolute atomic E-state index is 0.0414. The summed E-state index contributed by atoms with van der Waals surface area (Å²) in [7, 11) is -4.05. The lowest BCUT2D eigenvalue weighted by Crippen LogP contribution is -2.43. The zero-order valence-corrected chi connectivity index (χ0v) is 14.8. The molecule has 1 aromatic carbocycles. The molecule has 1 fully saturated rings. The third kappa shape index (κ3) is 3.70. The molecule has 6 nitrogen and oxygen atoms in total. The molecule has 1 amide bonds. The van der Waals surface area contributed by atoms with Crippen LogP contribution in [0.15, 0.2) is 17.0 Å². The highest BCUT2D eigenvalue weighted by molar-refractivity contribution is 7.89. The monoisotopic (exact) mass is 370 g/mol. The van der Waals surface area contributed by atoms with E-state index in [9.17, 15) is 22.7 Å². The standard InChI is InChI=1S/C17H23FN2O4S/c18-14-11-15-12(6-7-17(22)19-15)10-16(14)25(23,24)20(8-9-21)13-4-2-1-3-5-13/h10-11,13,21H,1-9H2,(H,19,22). The van der Waals surface area contributed by atoms with E-state index in [0.29, 0.717) is 17.7 Å². The summed E-state index contributed by atoms with van der Waals surface area (Å²) >= 11 is 0. The maximum Gasteiger partial charge on any atom is 0.246 e. The molecule has 0 bridgehead atoms. The van der Waals surface area contributed by atoms with Crippen molar-refractivity contribution in [3.05, 3.63) is 23.5 Å². The van der Waals surface area contributed by atoms with Gasteiger partial charge in [-0.2, -0.15) is 4.31 Å². The first-order chi connectivity index (χ1) is 11.9. The van der Waals surface area contributed by atoms with Crippen molar-refractivity contribution in [2.75, 3.05) is 18.5 Å². The number of hydrogen-bond donors (Lipinski definition) is 2. The minimum atomic E-state index is -4.05. The van der Waals surface area contributed by atoms with Crippen LogP contribution in [0, 0.1) is 5.82 Å². The Bertz CT molecular complexity index is 760. The molecular weight excluding hydrogens is 347 g/mol. The number of carbonyl (C=O) groups is 1. The van der Waals surface area contributed by atoms with Gasteiger partial charge in [0.15, 0.2) is 0 Å². The zero-order chi connectivity index (χ0) is 18.0. The maximum atomic E-state index is 14.5. The fraction of sp³-hybridized carbons (Fsp3) is 0.588. The highest BCUT2D eigenvalue weighted by atomic mass is 32.2. The Kier molecular flexibility index (Phi) is 5.41. The van der Waals surface area contributed by atoms with Crippen molar-refractivity contribution in [3.63, 3.8) is 0 Å². The summed E-state index contributed by atoms with van der Waals surface area (Å²) in [6, 6.07) is 2.20. The van der Waals surface area contributed by atoms with Gasteiger partial charge < -0.3 is 10.4 Å². The van der Waals surface area contributed by atoms with Crippen molar-refractivity contribution in [1.29, 1.82) is 0 Å². The Morgan fingerprint density at radius 3 is 2.60 bits per heavy atom. The van der Waals surface area contributed by atoms with E-state index >= 15 is 0 Å². The molecule has 2 aliphatic rings. The molecule has 0 spiro atoms. The van der Waals surface area contributed by atoms with Crippen LogP contribution in [0.5, 0.6) is 0 Å². The van der Waals surface area contributed by atoms with Crippen molar-refractivity contribution in [2.45, 2.75) is 55.9 Å². The first-order valence-corrected chi connectivity index (χ1v) is 10.1. The van der Waals surface area contributed by atoms with Gasteiger partial charge in [-0.3, -0.25) is 4.79 Å². The summed E-state index contributed by atoms with van der Waals surface area (Å²) in [5, 5.41) is 11.9. The minimum Gasteiger partial charge on any atom is -0.395 e. The number of benzene rings is 1. The molecule has 25 heavy (non-hydrogen) atoms. The van der Waals surface area contributed by atoms with E-state index in [1.165, 1.54) is 10.4 Å². The second kappa shape index (κ2) is 7.39. The average Bonchev–Trinajstić information content (AvgIpc) is 2.59. The number of hydrogen-bond acceptors (Lipinski definition) is 4. The van der Waals surface area contributed by atoms with E-state index in [0.717, 1.165) is 38.2 Å². The van der Waals surface area contributed by atoms with Crippen LogP contribution in [0.4, 0.5) is 10.1 Å². The van der Waals surface area contributed by atoms with Gasteiger partial charge in [-0.15, -0.1) is 0 Å². The summed E-state index contributed by atoms with van der Waals surface area (Å²) in [5.41, 5.74) is 0.950. The third-order valence-corrected chi connectivity index (χ3v) is 6.91. The summed E-state index contributed by atoms with van der Waals surface area (Å²) in [6.45, 7) is -0.349. The number of nitrogens with one attached hydrogen (secondary N) is 1. The van der Waals surface area contributed by atoms with E-state index in [2.05, 4.69) is 5.32 Å². The fourth-order valence-corrected chi connectivity index (χ4v) is 5.44. The van der Waals surface area contributed by atoms with Crippen LogP contribution in [-0.2, 0) is 21.2 Å². The number of amides is 1. The molecule has 1 heterocycles. The van der Waals surface area contributed by atoms with Gasteiger partial charge in [0.1, 0.15) is 10.7 Å². The fourth-order valence-electron chi connectivity index (χ4n) is 3.67. The van der Waals surface area contributed by atoms with Crippen molar-refractivity contribution >= 4 is 21.6 Å². The van der Waals surface area contributed by atoms with Crippen molar-refractivity contribution in [1.82, 2.24) is 4.31 Å². The van der Waals surface area contributed by atoms with Crippen LogP contribution in [0.1, 0.15) is 44.1 Å². The van der Waals surface area contributed by atoms with Gasteiger partial charge in [0.25, 0.3) is 0 Å². The van der Waals surface area contributed by atoms with Gasteiger partial charge in [-0.1, -0.05) is 19.3 Å². The lowest BCUT2D eigenvalue weighted by molar-refractivity contribution is -0.116. The largest absolute Gasteiger partial charge is 0.395 e. The molecular formula is C17H23FN2O4S. The van der Waals surface area contributed by atoms with Gasteiger partial charge in [0.05, 0.1) is 6.61 Å². The number of nitrogens with zero attached hydrogens (tertiary/aromatic N) is 1. The highest BCUT2D eigenvalue weighted by Gasteiger charge is 2.34. The number of aliphatic hydroxyl groups excluding tert-OH is 1. The molecule has 1 aliphatic carbocycles. The average molecular weight is 370 g/mol. The van der Waals surface area contributed by atoms with Gasteiger partial charge in [0.2, 0.25) is 15.9 Å². The van der Waals surface area contributed by atoms with Crippen LogP contribution in [0.2, 0.25) is 0 Å². The number of fused-ring (bicyclic) bond motifs is 1. The maximum absolute atomic E-state index is 14.5. The van der Waals surface area contributed by atoms with Crippen LogP contribution < -0.4 is 5.32 Å². The van der Waals surface area contributed by atoms with E-state index < -0.39 is 15.8 Å². The first kappa shape index (κ1) is 18.3. The van der Waals surface area contributed by atoms with Crippen LogP contribution in [-0.4, -0.2) is 42.9 Å². The number of carbonyl (C=O) groups excluding carboxylic acids is 1. The highest BCUT2D eigenvalue weighted by Crippen LogP contribution is 2.32. The lowest BCUT2D eigenvalue weighted by Gasteiger charge is -2.33. The van der Waals surface area contributed by atoms with Crippen molar-refractivity contribution in [3.8, 4) is 0 Å². The number of rotatable bonds is 5. The number of halogens is 1. The van der Waals surface area contributed by atoms with E-state index in [4.69, 9.17) is 0 Å². The smallest absolute Gasteiger partial charge is 0.246 e. The Labute approximate surface area is 147 Å². The third-order valence-electron chi connectivity index (χ3n) is 4.94. The van der Waals surface area contributed by atoms with Gasteiger partial charge in [-0.25, -0.2) is 12.8 Å². The second-order valence-corrected chi connectivity index (χ2v) is 8.48. The molecule has 138 valence electrons. The Morgan fingerprint density at radius 1 is 1.20 bits per heavy atom. The van der Waals surface area contributed by atoms with Crippen LogP contribution >= 0.6 is 0 Å². The number of aliphatic hydroxyl groups is 1. The lowest BCUT2D eigenvalue weighted by atomic mass is 9.95. The van der Waals surface area contributed by atoms with Gasteiger partial charge in [0, 0.05) is 24.7 Å². The Hall–Kier alpha value is -1.51. The van der Waals surface area contributed by atoms with E-state index in [1.54, 1.807) is 0 Å². The van der Waals surface area contributed by atoms with Crippen LogP contribution in [0.25, 0.3) is 0 Å². The zero-order valence-electron chi connectivity index (χ0n) is 14.0. The molecule has 2 N–H and O–H groups in total. The van der Waals surface area contributed by atoms with E-state index in [-0.39, 0.29) is 36.4 Å². The number of sulfonamides is 1. The van der Waals surface area contributed by atoms with E-state index in [1.807, 2.05) is 0 Å². The predicted molar refractivity (Wildman–Crippen MR) is 91.2 cm³/mol. The Morgan fingerprint density at radius 2 is 1.92 bits per heavy atom. The second-order valence-electron chi connectivity index (χ2n) is 6.62. The molecule has 3 rings (SSSR count). The predicted octanol–water partition coefficient (Wildman–Crippen LogP) is 2.03. The molecule has 0 saturated heterocycles. The van der Waals surface area contributed by atoms with Crippen LogP contribution in [0.3, 0.4) is 0 Å². The normalized spacial score (nSPS) is 18.9. The molecule has 0 radical (unpaired) electrons. The first-order valence-electron chi connectivity index (χ1n) is 8.68. The van der Waals surface area contributed by atoms with Gasteiger partial charge in [-0.05, 0) is 37.0 Å². The molecule has 0 atom stereocenters. The SMILES string of the molecule is O=C1CCc2cc(S(=O)(=O)N(CCO)C3CCCCC3)c(F)cc2N1. The molecule has 0 unspecified atom stereocenters. The van der Waals surface area contributed by atoms with Crippen molar-refractivity contribution in [2.24, 2.45) is 0 Å². The molecule has 8 heteroatoms. The molecule has 1 aromatic rings. The summed E-state index contributed by atoms with van der Waals surface area (Å²) < 4.78 is 42.0. The number of aryl methyl sites for hydroxylation is 1. The number of anilines is 1. The van der Waals surface area contributed by atoms with Crippen molar-refractivity contribution < 1.29 is 22.7 Å².